The molecule has 9 heteroatoms. The highest BCUT2D eigenvalue weighted by Crippen LogP contribution is 2.32. The van der Waals surface area contributed by atoms with Gasteiger partial charge in [-0.25, -0.2) is 22.4 Å². The molecule has 4 rings (SSSR count). The van der Waals surface area contributed by atoms with E-state index in [2.05, 4.69) is 15.1 Å². The summed E-state index contributed by atoms with van der Waals surface area (Å²) >= 11 is 0. The fraction of sp³-hybridized carbons (Fsp3) is 0.118. The van der Waals surface area contributed by atoms with Crippen LogP contribution in [-0.2, 0) is 10.0 Å². The number of hydrogen-bond donors (Lipinski definition) is 0. The Hall–Kier alpha value is -3.20. The number of rotatable bonds is 4. The fourth-order valence-corrected chi connectivity index (χ4v) is 4.18. The molecule has 0 N–H and O–H groups in total. The zero-order valence-electron chi connectivity index (χ0n) is 14.1. The summed E-state index contributed by atoms with van der Waals surface area (Å²) in [6, 6.07) is 9.91. The Morgan fingerprint density at radius 2 is 1.85 bits per heavy atom. The van der Waals surface area contributed by atoms with Crippen LogP contribution in [0.2, 0.25) is 0 Å². The van der Waals surface area contributed by atoms with Gasteiger partial charge >= 0.3 is 0 Å². The normalized spacial score (nSPS) is 11.8. The summed E-state index contributed by atoms with van der Waals surface area (Å²) in [5.74, 6) is 1.43. The van der Waals surface area contributed by atoms with Crippen LogP contribution in [0.1, 0.15) is 5.82 Å². The molecule has 0 fully saturated rings. The minimum atomic E-state index is -3.81. The number of hydrogen-bond acceptors (Lipinski definition) is 6. The van der Waals surface area contributed by atoms with Gasteiger partial charge in [-0.3, -0.25) is 0 Å². The van der Waals surface area contributed by atoms with E-state index in [0.717, 1.165) is 0 Å². The van der Waals surface area contributed by atoms with E-state index in [1.54, 1.807) is 43.3 Å². The molecule has 8 nitrogen and oxygen atoms in total. The van der Waals surface area contributed by atoms with Crippen molar-refractivity contribution in [1.82, 2.24) is 23.7 Å². The molecule has 0 spiro atoms. The van der Waals surface area contributed by atoms with Gasteiger partial charge in [-0.1, -0.05) is 18.2 Å². The van der Waals surface area contributed by atoms with Crippen LogP contribution in [0.5, 0.6) is 5.75 Å². The van der Waals surface area contributed by atoms with Crippen LogP contribution in [0.3, 0.4) is 0 Å². The number of methoxy groups -OCH3 is 1. The Balaban J connectivity index is 2.08. The van der Waals surface area contributed by atoms with Crippen molar-refractivity contribution in [1.29, 1.82) is 0 Å². The van der Waals surface area contributed by atoms with E-state index >= 15 is 0 Å². The number of pyridine rings is 1. The number of nitrogens with zero attached hydrogens (tertiary/aromatic N) is 5. The van der Waals surface area contributed by atoms with Crippen molar-refractivity contribution >= 4 is 20.9 Å². The molecule has 26 heavy (non-hydrogen) atoms. The first-order valence-corrected chi connectivity index (χ1v) is 9.19. The van der Waals surface area contributed by atoms with Gasteiger partial charge < -0.3 is 4.74 Å². The van der Waals surface area contributed by atoms with E-state index in [4.69, 9.17) is 4.74 Å². The number of benzene rings is 1. The summed E-state index contributed by atoms with van der Waals surface area (Å²) < 4.78 is 34.4. The molecule has 0 aliphatic rings. The highest BCUT2D eigenvalue weighted by Gasteiger charge is 2.24. The van der Waals surface area contributed by atoms with E-state index in [-0.39, 0.29) is 4.90 Å². The fourth-order valence-electron chi connectivity index (χ4n) is 2.81. The first kappa shape index (κ1) is 16.3. The summed E-state index contributed by atoms with van der Waals surface area (Å²) in [6.07, 6.45) is 4.43. The molecule has 0 aliphatic carbocycles. The molecule has 0 atom stereocenters. The molecule has 3 heterocycles. The molecule has 1 aromatic carbocycles. The Morgan fingerprint density at radius 1 is 1.08 bits per heavy atom. The molecule has 3 aromatic heterocycles. The van der Waals surface area contributed by atoms with Crippen LogP contribution in [0.4, 0.5) is 0 Å². The van der Waals surface area contributed by atoms with Gasteiger partial charge in [0.2, 0.25) is 0 Å². The number of aryl methyl sites for hydroxylation is 1. The van der Waals surface area contributed by atoms with Gasteiger partial charge in [-0.2, -0.15) is 9.78 Å². The highest BCUT2D eigenvalue weighted by atomic mass is 32.2. The van der Waals surface area contributed by atoms with Gasteiger partial charge in [0.1, 0.15) is 23.4 Å². The largest absolute Gasteiger partial charge is 0.494 e. The minimum absolute atomic E-state index is 0.182. The van der Waals surface area contributed by atoms with Crippen molar-refractivity contribution < 1.29 is 13.2 Å². The van der Waals surface area contributed by atoms with Gasteiger partial charge in [0.25, 0.3) is 10.0 Å². The van der Waals surface area contributed by atoms with Crippen LogP contribution < -0.4 is 4.74 Å². The molecule has 4 aromatic rings. The molecule has 0 aliphatic heterocycles. The van der Waals surface area contributed by atoms with Crippen molar-refractivity contribution in [3.63, 3.8) is 0 Å². The van der Waals surface area contributed by atoms with Crippen molar-refractivity contribution in [3.05, 3.63) is 60.9 Å². The average molecular weight is 369 g/mol. The van der Waals surface area contributed by atoms with Crippen molar-refractivity contribution in [2.75, 3.05) is 7.11 Å². The lowest BCUT2D eigenvalue weighted by Crippen LogP contribution is -2.14. The Kier molecular flexibility index (Phi) is 3.73. The van der Waals surface area contributed by atoms with Gasteiger partial charge in [-0.05, 0) is 25.1 Å². The van der Waals surface area contributed by atoms with Gasteiger partial charge in [0.15, 0.2) is 5.82 Å². The third-order valence-corrected chi connectivity index (χ3v) is 5.76. The van der Waals surface area contributed by atoms with Crippen LogP contribution >= 0.6 is 0 Å². The lowest BCUT2D eigenvalue weighted by Gasteiger charge is -2.12. The summed E-state index contributed by atoms with van der Waals surface area (Å²) in [6.45, 7) is 1.77. The number of aromatic nitrogens is 5. The maximum atomic E-state index is 13.2. The zero-order chi connectivity index (χ0) is 18.3. The van der Waals surface area contributed by atoms with Gasteiger partial charge in [0, 0.05) is 11.6 Å². The maximum Gasteiger partial charge on any atom is 0.268 e. The molecule has 0 bridgehead atoms. The summed E-state index contributed by atoms with van der Waals surface area (Å²) in [5, 5.41) is 4.78. The maximum absolute atomic E-state index is 13.2. The first-order valence-electron chi connectivity index (χ1n) is 7.75. The second kappa shape index (κ2) is 5.95. The minimum Gasteiger partial charge on any atom is -0.494 e. The summed E-state index contributed by atoms with van der Waals surface area (Å²) in [7, 11) is -2.30. The predicted octanol–water partition coefficient (Wildman–Crippen LogP) is 2.17. The Labute approximate surface area is 149 Å². The Morgan fingerprint density at radius 3 is 2.50 bits per heavy atom. The average Bonchev–Trinajstić information content (AvgIpc) is 3.28. The SMILES string of the molecule is COc1cnc(-n2ncnc2C)c2c1ccn2S(=O)(=O)c1ccccc1. The Bertz CT molecular complexity index is 1200. The van der Waals surface area contributed by atoms with E-state index in [9.17, 15) is 8.42 Å². The lowest BCUT2D eigenvalue weighted by molar-refractivity contribution is 0.418. The second-order valence-corrected chi connectivity index (χ2v) is 7.38. The van der Waals surface area contributed by atoms with Gasteiger partial charge in [0.05, 0.1) is 18.2 Å². The zero-order valence-corrected chi connectivity index (χ0v) is 14.9. The van der Waals surface area contributed by atoms with Crippen molar-refractivity contribution in [3.8, 4) is 11.6 Å². The third-order valence-electron chi connectivity index (χ3n) is 4.07. The predicted molar refractivity (Wildman–Crippen MR) is 95.0 cm³/mol. The molecule has 0 saturated heterocycles. The number of fused-ring (bicyclic) bond motifs is 1. The van der Waals surface area contributed by atoms with E-state index in [1.165, 1.54) is 34.5 Å². The molecule has 0 amide bonds. The number of ether oxygens (including phenoxy) is 1. The highest BCUT2D eigenvalue weighted by molar-refractivity contribution is 7.90. The standard InChI is InChI=1S/C17H15N5O3S/c1-12-19-11-20-22(12)17-16-14(15(25-2)10-18-17)8-9-21(16)26(23,24)13-6-4-3-5-7-13/h3-11H,1-2H3. The van der Waals surface area contributed by atoms with E-state index < -0.39 is 10.0 Å². The van der Waals surface area contributed by atoms with Crippen LogP contribution in [-0.4, -0.2) is 39.2 Å². The summed E-state index contributed by atoms with van der Waals surface area (Å²) in [5.41, 5.74) is 0.377. The van der Waals surface area contributed by atoms with Crippen molar-refractivity contribution in [2.45, 2.75) is 11.8 Å². The molecule has 0 radical (unpaired) electrons. The molecule has 0 unspecified atom stereocenters. The van der Waals surface area contributed by atoms with Crippen LogP contribution in [0.25, 0.3) is 16.7 Å². The van der Waals surface area contributed by atoms with Crippen molar-refractivity contribution in [2.24, 2.45) is 0 Å². The monoisotopic (exact) mass is 369 g/mol. The van der Waals surface area contributed by atoms with E-state index in [0.29, 0.717) is 28.3 Å². The van der Waals surface area contributed by atoms with E-state index in [1.807, 2.05) is 0 Å². The second-order valence-electron chi connectivity index (χ2n) is 5.56. The quantitative estimate of drug-likeness (QED) is 0.547. The third kappa shape index (κ3) is 2.36. The molecule has 0 saturated carbocycles. The lowest BCUT2D eigenvalue weighted by atomic mass is 10.3. The molecular formula is C17H15N5O3S. The first-order chi connectivity index (χ1) is 12.5. The van der Waals surface area contributed by atoms with Gasteiger partial charge in [-0.15, -0.1) is 0 Å². The topological polar surface area (TPSA) is 91.9 Å². The van der Waals surface area contributed by atoms with Crippen LogP contribution in [0.15, 0.2) is 60.0 Å². The smallest absolute Gasteiger partial charge is 0.268 e. The van der Waals surface area contributed by atoms with Crippen LogP contribution in [0, 0.1) is 6.92 Å². The summed E-state index contributed by atoms with van der Waals surface area (Å²) in [4.78, 5) is 8.65. The molecular weight excluding hydrogens is 354 g/mol. The molecule has 132 valence electrons.